The normalized spacial score (nSPS) is 11.6. The number of halogens is 1. The Morgan fingerprint density at radius 2 is 1.85 bits per heavy atom. The number of methoxy groups -OCH3 is 1. The van der Waals surface area contributed by atoms with Crippen molar-refractivity contribution in [3.05, 3.63) is 53.8 Å². The van der Waals surface area contributed by atoms with Crippen molar-refractivity contribution in [2.24, 2.45) is 5.14 Å². The number of hydrogen-bond acceptors (Lipinski definition) is 5. The van der Waals surface area contributed by atoms with Crippen molar-refractivity contribution >= 4 is 10.0 Å². The minimum atomic E-state index is -3.70. The van der Waals surface area contributed by atoms with Crippen LogP contribution >= 0.6 is 0 Å². The molecule has 0 bridgehead atoms. The molecule has 0 heterocycles. The zero-order valence-corrected chi connectivity index (χ0v) is 15.6. The molecule has 0 aromatic heterocycles. The summed E-state index contributed by atoms with van der Waals surface area (Å²) in [4.78, 5) is 2.15. The van der Waals surface area contributed by atoms with Gasteiger partial charge in [-0.05, 0) is 48.5 Å². The maximum Gasteiger partial charge on any atom is 0.238 e. The summed E-state index contributed by atoms with van der Waals surface area (Å²) in [6.45, 7) is 4.44. The summed E-state index contributed by atoms with van der Waals surface area (Å²) in [5.74, 6) is 0.402. The maximum atomic E-state index is 13.8. The van der Waals surface area contributed by atoms with Gasteiger partial charge in [-0.3, -0.25) is 4.90 Å². The molecule has 0 aliphatic carbocycles. The zero-order chi connectivity index (χ0) is 19.2. The van der Waals surface area contributed by atoms with Crippen molar-refractivity contribution < 1.29 is 22.3 Å². The standard InChI is InChI=1S/C18H23FN2O4S/c1-3-21(13-14-4-9-18(24-2)17(19)12-14)10-11-25-15-5-7-16(8-6-15)26(20,22)23/h4-9,12H,3,10-11,13H2,1-2H3,(H2,20,22,23). The maximum absolute atomic E-state index is 13.8. The lowest BCUT2D eigenvalue weighted by atomic mass is 10.2. The summed E-state index contributed by atoms with van der Waals surface area (Å²) >= 11 is 0. The summed E-state index contributed by atoms with van der Waals surface area (Å²) in [5, 5.41) is 5.06. The highest BCUT2D eigenvalue weighted by Gasteiger charge is 2.09. The van der Waals surface area contributed by atoms with Crippen LogP contribution in [0.15, 0.2) is 47.4 Å². The number of likely N-dealkylation sites (N-methyl/N-ethyl adjacent to an activating group) is 1. The lowest BCUT2D eigenvalue weighted by Gasteiger charge is -2.21. The van der Waals surface area contributed by atoms with E-state index in [0.29, 0.717) is 25.4 Å². The molecule has 2 aromatic rings. The van der Waals surface area contributed by atoms with Gasteiger partial charge in [-0.1, -0.05) is 13.0 Å². The number of hydrogen-bond donors (Lipinski definition) is 1. The first kappa shape index (κ1) is 20.2. The van der Waals surface area contributed by atoms with Gasteiger partial charge in [-0.25, -0.2) is 17.9 Å². The van der Waals surface area contributed by atoms with E-state index in [4.69, 9.17) is 14.6 Å². The zero-order valence-electron chi connectivity index (χ0n) is 14.8. The lowest BCUT2D eigenvalue weighted by Crippen LogP contribution is -2.28. The molecule has 6 nitrogen and oxygen atoms in total. The van der Waals surface area contributed by atoms with Crippen molar-refractivity contribution in [3.8, 4) is 11.5 Å². The fourth-order valence-electron chi connectivity index (χ4n) is 2.43. The Bertz CT molecular complexity index is 826. The molecule has 0 aliphatic rings. The topological polar surface area (TPSA) is 81.9 Å². The van der Waals surface area contributed by atoms with Gasteiger partial charge in [0.05, 0.1) is 12.0 Å². The van der Waals surface area contributed by atoms with Crippen LogP contribution in [-0.2, 0) is 16.6 Å². The highest BCUT2D eigenvalue weighted by Crippen LogP contribution is 2.19. The Morgan fingerprint density at radius 1 is 1.15 bits per heavy atom. The molecule has 0 aliphatic heterocycles. The molecule has 0 spiro atoms. The number of rotatable bonds is 9. The first-order valence-corrected chi connectivity index (χ1v) is 9.68. The van der Waals surface area contributed by atoms with Crippen LogP contribution in [0, 0.1) is 5.82 Å². The van der Waals surface area contributed by atoms with E-state index < -0.39 is 10.0 Å². The molecule has 0 saturated heterocycles. The predicted molar refractivity (Wildman–Crippen MR) is 97.2 cm³/mol. The summed E-state index contributed by atoms with van der Waals surface area (Å²) < 4.78 is 46.8. The van der Waals surface area contributed by atoms with E-state index in [1.807, 2.05) is 13.0 Å². The van der Waals surface area contributed by atoms with Crippen LogP contribution in [0.3, 0.4) is 0 Å². The molecule has 0 fully saturated rings. The van der Waals surface area contributed by atoms with E-state index in [1.54, 1.807) is 18.2 Å². The van der Waals surface area contributed by atoms with Gasteiger partial charge >= 0.3 is 0 Å². The van der Waals surface area contributed by atoms with Gasteiger partial charge < -0.3 is 9.47 Å². The molecule has 2 N–H and O–H groups in total. The average molecular weight is 382 g/mol. The molecule has 0 unspecified atom stereocenters. The third-order valence-electron chi connectivity index (χ3n) is 3.90. The second-order valence-corrected chi connectivity index (χ2v) is 7.26. The van der Waals surface area contributed by atoms with E-state index in [-0.39, 0.29) is 16.5 Å². The smallest absolute Gasteiger partial charge is 0.238 e. The monoisotopic (exact) mass is 382 g/mol. The fourth-order valence-corrected chi connectivity index (χ4v) is 2.95. The van der Waals surface area contributed by atoms with E-state index >= 15 is 0 Å². The first-order chi connectivity index (χ1) is 12.3. The van der Waals surface area contributed by atoms with E-state index in [1.165, 1.54) is 25.3 Å². The summed E-state index contributed by atoms with van der Waals surface area (Å²) in [5.41, 5.74) is 0.850. The van der Waals surface area contributed by atoms with Gasteiger partial charge in [0.2, 0.25) is 10.0 Å². The first-order valence-electron chi connectivity index (χ1n) is 8.14. The molecule has 0 saturated carbocycles. The summed E-state index contributed by atoms with van der Waals surface area (Å²) in [6.07, 6.45) is 0. The van der Waals surface area contributed by atoms with Crippen molar-refractivity contribution in [1.29, 1.82) is 0 Å². The van der Waals surface area contributed by atoms with Gasteiger partial charge in [0.15, 0.2) is 11.6 Å². The van der Waals surface area contributed by atoms with E-state index in [9.17, 15) is 12.8 Å². The van der Waals surface area contributed by atoms with Crippen LogP contribution < -0.4 is 14.6 Å². The molecule has 0 atom stereocenters. The largest absolute Gasteiger partial charge is 0.494 e. The number of ether oxygens (including phenoxy) is 2. The third kappa shape index (κ3) is 5.69. The predicted octanol–water partition coefficient (Wildman–Crippen LogP) is 2.38. The van der Waals surface area contributed by atoms with Crippen LogP contribution in [0.1, 0.15) is 12.5 Å². The number of primary sulfonamides is 1. The molecule has 26 heavy (non-hydrogen) atoms. The minimum Gasteiger partial charge on any atom is -0.494 e. The molecule has 8 heteroatoms. The van der Waals surface area contributed by atoms with Crippen molar-refractivity contribution in [3.63, 3.8) is 0 Å². The van der Waals surface area contributed by atoms with Crippen LogP contribution in [0.5, 0.6) is 11.5 Å². The molecular formula is C18H23FN2O4S. The van der Waals surface area contributed by atoms with Gasteiger partial charge in [0.1, 0.15) is 12.4 Å². The Balaban J connectivity index is 1.88. The van der Waals surface area contributed by atoms with Gasteiger partial charge in [0.25, 0.3) is 0 Å². The van der Waals surface area contributed by atoms with Gasteiger partial charge in [0, 0.05) is 13.1 Å². The van der Waals surface area contributed by atoms with E-state index in [2.05, 4.69) is 4.90 Å². The van der Waals surface area contributed by atoms with Crippen LogP contribution in [0.2, 0.25) is 0 Å². The van der Waals surface area contributed by atoms with Crippen molar-refractivity contribution in [2.45, 2.75) is 18.4 Å². The highest BCUT2D eigenvalue weighted by atomic mass is 32.2. The average Bonchev–Trinajstić information content (AvgIpc) is 2.60. The number of nitrogens with zero attached hydrogens (tertiary/aromatic N) is 1. The van der Waals surface area contributed by atoms with Crippen LogP contribution in [0.4, 0.5) is 4.39 Å². The van der Waals surface area contributed by atoms with Gasteiger partial charge in [-0.2, -0.15) is 0 Å². The lowest BCUT2D eigenvalue weighted by molar-refractivity contribution is 0.210. The molecule has 0 amide bonds. The van der Waals surface area contributed by atoms with Crippen LogP contribution in [0.25, 0.3) is 0 Å². The Hall–Kier alpha value is -2.16. The Labute approximate surface area is 153 Å². The van der Waals surface area contributed by atoms with E-state index in [0.717, 1.165) is 12.1 Å². The minimum absolute atomic E-state index is 0.0431. The van der Waals surface area contributed by atoms with Crippen LogP contribution in [-0.4, -0.2) is 40.1 Å². The number of nitrogens with two attached hydrogens (primary N) is 1. The fraction of sp³-hybridized carbons (Fsp3) is 0.333. The van der Waals surface area contributed by atoms with Crippen molar-refractivity contribution in [1.82, 2.24) is 4.90 Å². The molecule has 2 rings (SSSR count). The molecule has 0 radical (unpaired) electrons. The highest BCUT2D eigenvalue weighted by molar-refractivity contribution is 7.89. The SMILES string of the molecule is CCN(CCOc1ccc(S(N)(=O)=O)cc1)Cc1ccc(OC)c(F)c1. The van der Waals surface area contributed by atoms with Crippen molar-refractivity contribution in [2.75, 3.05) is 26.8 Å². The third-order valence-corrected chi connectivity index (χ3v) is 4.83. The Kier molecular flexibility index (Phi) is 6.96. The second-order valence-electron chi connectivity index (χ2n) is 5.70. The quantitative estimate of drug-likeness (QED) is 0.720. The second kappa shape index (κ2) is 8.98. The Morgan fingerprint density at radius 3 is 2.38 bits per heavy atom. The molecule has 142 valence electrons. The summed E-state index contributed by atoms with van der Waals surface area (Å²) in [7, 11) is -2.27. The molecular weight excluding hydrogens is 359 g/mol. The summed E-state index contributed by atoms with van der Waals surface area (Å²) in [6, 6.07) is 10.8. The molecule has 2 aromatic carbocycles. The van der Waals surface area contributed by atoms with Gasteiger partial charge in [-0.15, -0.1) is 0 Å². The number of benzene rings is 2. The number of sulfonamides is 1.